The summed E-state index contributed by atoms with van der Waals surface area (Å²) >= 11 is 0. The lowest BCUT2D eigenvalue weighted by atomic mass is 10.1. The standard InChI is InChI=1S/C10H11F5N2/c1-10(2,16)3-17-9-7(14)5(12)4(11)6(13)8(9)15/h17H,3,16H2,1-2H3. The first-order valence-corrected chi connectivity index (χ1v) is 4.69. The molecule has 0 spiro atoms. The Labute approximate surface area is 94.6 Å². The van der Waals surface area contributed by atoms with Crippen molar-refractivity contribution in [2.24, 2.45) is 5.73 Å². The SMILES string of the molecule is CC(C)(N)CNc1c(F)c(F)c(F)c(F)c1F. The van der Waals surface area contributed by atoms with Gasteiger partial charge in [0.25, 0.3) is 0 Å². The number of benzene rings is 1. The predicted molar refractivity (Wildman–Crippen MR) is 53.0 cm³/mol. The zero-order valence-corrected chi connectivity index (χ0v) is 9.17. The molecule has 0 aromatic heterocycles. The highest BCUT2D eigenvalue weighted by atomic mass is 19.2. The monoisotopic (exact) mass is 254 g/mol. The largest absolute Gasteiger partial charge is 0.378 e. The molecule has 0 saturated carbocycles. The first-order chi connectivity index (χ1) is 7.65. The molecular formula is C10H11F5N2. The quantitative estimate of drug-likeness (QED) is 0.494. The molecule has 96 valence electrons. The van der Waals surface area contributed by atoms with E-state index in [-0.39, 0.29) is 6.54 Å². The van der Waals surface area contributed by atoms with Crippen molar-refractivity contribution in [1.29, 1.82) is 0 Å². The van der Waals surface area contributed by atoms with Crippen LogP contribution in [-0.2, 0) is 0 Å². The maximum absolute atomic E-state index is 13.2. The van der Waals surface area contributed by atoms with E-state index < -0.39 is 40.3 Å². The van der Waals surface area contributed by atoms with Crippen LogP contribution in [0.3, 0.4) is 0 Å². The molecule has 17 heavy (non-hydrogen) atoms. The van der Waals surface area contributed by atoms with Gasteiger partial charge in [0.05, 0.1) is 0 Å². The maximum Gasteiger partial charge on any atom is 0.200 e. The Morgan fingerprint density at radius 3 is 1.59 bits per heavy atom. The smallest absolute Gasteiger partial charge is 0.200 e. The van der Waals surface area contributed by atoms with Gasteiger partial charge < -0.3 is 11.1 Å². The van der Waals surface area contributed by atoms with E-state index in [1.54, 1.807) is 0 Å². The summed E-state index contributed by atoms with van der Waals surface area (Å²) in [6.07, 6.45) is 0. The van der Waals surface area contributed by atoms with Crippen molar-refractivity contribution in [2.75, 3.05) is 11.9 Å². The summed E-state index contributed by atoms with van der Waals surface area (Å²) in [7, 11) is 0. The molecule has 0 atom stereocenters. The van der Waals surface area contributed by atoms with Gasteiger partial charge in [-0.3, -0.25) is 0 Å². The third-order valence-corrected chi connectivity index (χ3v) is 1.93. The Balaban J connectivity index is 3.16. The number of hydrogen-bond acceptors (Lipinski definition) is 2. The molecule has 0 fully saturated rings. The summed E-state index contributed by atoms with van der Waals surface area (Å²) in [5.41, 5.74) is 3.59. The lowest BCUT2D eigenvalue weighted by molar-refractivity contribution is 0.380. The molecule has 1 aromatic carbocycles. The number of anilines is 1. The molecule has 7 heteroatoms. The Kier molecular flexibility index (Phi) is 3.61. The minimum absolute atomic E-state index is 0.147. The van der Waals surface area contributed by atoms with Crippen molar-refractivity contribution in [1.82, 2.24) is 0 Å². The number of rotatable bonds is 3. The van der Waals surface area contributed by atoms with Gasteiger partial charge in [-0.1, -0.05) is 0 Å². The molecule has 3 N–H and O–H groups in total. The molecule has 0 unspecified atom stereocenters. The minimum Gasteiger partial charge on any atom is -0.378 e. The van der Waals surface area contributed by atoms with Gasteiger partial charge >= 0.3 is 0 Å². The second-order valence-electron chi connectivity index (χ2n) is 4.29. The third-order valence-electron chi connectivity index (χ3n) is 1.93. The first-order valence-electron chi connectivity index (χ1n) is 4.69. The van der Waals surface area contributed by atoms with Crippen molar-refractivity contribution < 1.29 is 22.0 Å². The van der Waals surface area contributed by atoms with Crippen molar-refractivity contribution in [3.8, 4) is 0 Å². The van der Waals surface area contributed by atoms with E-state index in [4.69, 9.17) is 5.73 Å². The highest BCUT2D eigenvalue weighted by Crippen LogP contribution is 2.27. The number of hydrogen-bond donors (Lipinski definition) is 2. The van der Waals surface area contributed by atoms with Crippen LogP contribution >= 0.6 is 0 Å². The van der Waals surface area contributed by atoms with Gasteiger partial charge in [0.15, 0.2) is 23.3 Å². The lowest BCUT2D eigenvalue weighted by Gasteiger charge is -2.20. The molecule has 0 aliphatic rings. The van der Waals surface area contributed by atoms with Gasteiger partial charge in [-0.2, -0.15) is 0 Å². The summed E-state index contributed by atoms with van der Waals surface area (Å²) in [6.45, 7) is 2.92. The molecule has 1 rings (SSSR count). The van der Waals surface area contributed by atoms with Crippen molar-refractivity contribution >= 4 is 5.69 Å². The second kappa shape index (κ2) is 4.48. The van der Waals surface area contributed by atoms with Crippen molar-refractivity contribution in [3.63, 3.8) is 0 Å². The Morgan fingerprint density at radius 2 is 1.24 bits per heavy atom. The maximum atomic E-state index is 13.2. The summed E-state index contributed by atoms with van der Waals surface area (Å²) in [5, 5.41) is 2.11. The van der Waals surface area contributed by atoms with E-state index >= 15 is 0 Å². The van der Waals surface area contributed by atoms with Gasteiger partial charge in [-0.15, -0.1) is 0 Å². The van der Waals surface area contributed by atoms with E-state index in [1.807, 2.05) is 0 Å². The highest BCUT2D eigenvalue weighted by Gasteiger charge is 2.26. The molecular weight excluding hydrogens is 243 g/mol. The van der Waals surface area contributed by atoms with E-state index in [0.717, 1.165) is 0 Å². The van der Waals surface area contributed by atoms with Crippen molar-refractivity contribution in [3.05, 3.63) is 29.1 Å². The predicted octanol–water partition coefficient (Wildman–Crippen LogP) is 2.53. The van der Waals surface area contributed by atoms with Crippen LogP contribution in [0.4, 0.5) is 27.6 Å². The van der Waals surface area contributed by atoms with Gasteiger partial charge in [0.1, 0.15) is 5.69 Å². The zero-order valence-electron chi connectivity index (χ0n) is 9.17. The van der Waals surface area contributed by atoms with E-state index in [1.165, 1.54) is 13.8 Å². The molecule has 0 saturated heterocycles. The first kappa shape index (κ1) is 13.7. The Hall–Kier alpha value is -1.37. The lowest BCUT2D eigenvalue weighted by Crippen LogP contribution is -2.40. The van der Waals surface area contributed by atoms with E-state index in [9.17, 15) is 22.0 Å². The molecule has 0 aliphatic carbocycles. The van der Waals surface area contributed by atoms with E-state index in [0.29, 0.717) is 0 Å². The van der Waals surface area contributed by atoms with Gasteiger partial charge in [0, 0.05) is 12.1 Å². The van der Waals surface area contributed by atoms with Crippen LogP contribution in [0.1, 0.15) is 13.8 Å². The topological polar surface area (TPSA) is 38.0 Å². The Bertz CT molecular complexity index is 410. The average Bonchev–Trinajstić information content (AvgIpc) is 2.22. The van der Waals surface area contributed by atoms with Crippen LogP contribution in [0.25, 0.3) is 0 Å². The fraction of sp³-hybridized carbons (Fsp3) is 0.400. The van der Waals surface area contributed by atoms with Crippen LogP contribution in [0.15, 0.2) is 0 Å². The van der Waals surface area contributed by atoms with Crippen LogP contribution in [0, 0.1) is 29.1 Å². The van der Waals surface area contributed by atoms with Crippen molar-refractivity contribution in [2.45, 2.75) is 19.4 Å². The second-order valence-corrected chi connectivity index (χ2v) is 4.29. The number of halogens is 5. The zero-order chi connectivity index (χ0) is 13.4. The molecule has 0 bridgehead atoms. The fourth-order valence-electron chi connectivity index (χ4n) is 1.08. The normalized spacial score (nSPS) is 11.8. The van der Waals surface area contributed by atoms with Crippen LogP contribution in [-0.4, -0.2) is 12.1 Å². The molecule has 0 aliphatic heterocycles. The Morgan fingerprint density at radius 1 is 0.882 bits per heavy atom. The summed E-state index contributed by atoms with van der Waals surface area (Å²) in [6, 6.07) is 0. The van der Waals surface area contributed by atoms with Crippen LogP contribution in [0.5, 0.6) is 0 Å². The molecule has 0 amide bonds. The highest BCUT2D eigenvalue weighted by molar-refractivity contribution is 5.48. The van der Waals surface area contributed by atoms with Crippen LogP contribution in [0.2, 0.25) is 0 Å². The third kappa shape index (κ3) is 2.85. The summed E-state index contributed by atoms with van der Waals surface area (Å²) < 4.78 is 64.6. The number of nitrogens with two attached hydrogens (primary N) is 1. The summed E-state index contributed by atoms with van der Waals surface area (Å²) in [5.74, 6) is -9.95. The fourth-order valence-corrected chi connectivity index (χ4v) is 1.08. The molecule has 1 aromatic rings. The molecule has 2 nitrogen and oxygen atoms in total. The molecule has 0 radical (unpaired) electrons. The van der Waals surface area contributed by atoms with Gasteiger partial charge in [-0.05, 0) is 13.8 Å². The number of nitrogens with one attached hydrogen (secondary N) is 1. The van der Waals surface area contributed by atoms with Crippen LogP contribution < -0.4 is 11.1 Å². The minimum atomic E-state index is -2.18. The van der Waals surface area contributed by atoms with Gasteiger partial charge in [0.2, 0.25) is 5.82 Å². The average molecular weight is 254 g/mol. The summed E-state index contributed by atoms with van der Waals surface area (Å²) in [4.78, 5) is 0. The van der Waals surface area contributed by atoms with Gasteiger partial charge in [-0.25, -0.2) is 22.0 Å². The molecule has 0 heterocycles. The van der Waals surface area contributed by atoms with E-state index in [2.05, 4.69) is 5.32 Å².